The number of aliphatic hydroxyl groups is 1. The Hall–Kier alpha value is -3.93. The van der Waals surface area contributed by atoms with E-state index in [1.807, 2.05) is 61.6 Å². The topological polar surface area (TPSA) is 60.1 Å². The average molecular weight is 482 g/mol. The van der Waals surface area contributed by atoms with Crippen LogP contribution in [0.3, 0.4) is 0 Å². The lowest BCUT2D eigenvalue weighted by atomic mass is 9.82. The monoisotopic (exact) mass is 481 g/mol. The zero-order valence-corrected chi connectivity index (χ0v) is 20.2. The van der Waals surface area contributed by atoms with Crippen molar-refractivity contribution in [1.29, 1.82) is 0 Å². The third-order valence-electron chi connectivity index (χ3n) is 6.55. The molecule has 174 valence electrons. The minimum atomic E-state index is -1.50. The fraction of sp³-hybridized carbons (Fsp3) is 0.103. The molecule has 5 rings (SSSR count). The van der Waals surface area contributed by atoms with Crippen LogP contribution in [0.25, 0.3) is 28.1 Å². The summed E-state index contributed by atoms with van der Waals surface area (Å²) in [6.07, 6.45) is 5.10. The third-order valence-corrected chi connectivity index (χ3v) is 6.80. The first-order valence-electron chi connectivity index (χ1n) is 11.2. The summed E-state index contributed by atoms with van der Waals surface area (Å²) < 4.78 is 3.42. The molecule has 3 aromatic carbocycles. The number of aryl methyl sites for hydroxylation is 2. The second-order valence-electron chi connectivity index (χ2n) is 8.62. The molecule has 0 saturated carbocycles. The van der Waals surface area contributed by atoms with Crippen molar-refractivity contribution in [3.05, 3.63) is 130 Å². The maximum atomic E-state index is 12.8. The molecule has 5 nitrogen and oxygen atoms in total. The number of halogens is 1. The number of rotatable bonds is 5. The Kier molecular flexibility index (Phi) is 5.67. The van der Waals surface area contributed by atoms with E-state index in [1.165, 1.54) is 0 Å². The van der Waals surface area contributed by atoms with E-state index in [1.54, 1.807) is 53.0 Å². The van der Waals surface area contributed by atoms with E-state index in [0.717, 1.165) is 27.6 Å². The molecule has 0 saturated heterocycles. The van der Waals surface area contributed by atoms with Crippen LogP contribution in [0.15, 0.2) is 96.7 Å². The number of benzene rings is 3. The second kappa shape index (κ2) is 8.69. The summed E-state index contributed by atoms with van der Waals surface area (Å²) in [6, 6.07) is 22.4. The molecule has 2 aromatic heterocycles. The fourth-order valence-electron chi connectivity index (χ4n) is 4.62. The number of imidazole rings is 1. The van der Waals surface area contributed by atoms with Crippen molar-refractivity contribution in [2.24, 2.45) is 14.1 Å². The molecular weight excluding hydrogens is 458 g/mol. The second-order valence-corrected chi connectivity index (χ2v) is 9.06. The molecule has 2 heterocycles. The Labute approximate surface area is 208 Å². The summed E-state index contributed by atoms with van der Waals surface area (Å²) in [7, 11) is 3.60. The highest BCUT2D eigenvalue weighted by Gasteiger charge is 2.37. The first-order valence-corrected chi connectivity index (χ1v) is 11.5. The third kappa shape index (κ3) is 3.79. The van der Waals surface area contributed by atoms with Crippen molar-refractivity contribution in [3.8, 4) is 11.1 Å². The predicted molar refractivity (Wildman–Crippen MR) is 141 cm³/mol. The highest BCUT2D eigenvalue weighted by molar-refractivity contribution is 6.30. The molecule has 0 fully saturated rings. The summed E-state index contributed by atoms with van der Waals surface area (Å²) in [5, 5.41) is 13.8. The van der Waals surface area contributed by atoms with Crippen LogP contribution in [0.2, 0.25) is 5.02 Å². The molecule has 1 unspecified atom stereocenters. The molecule has 5 aromatic rings. The van der Waals surface area contributed by atoms with E-state index in [9.17, 15) is 9.90 Å². The van der Waals surface area contributed by atoms with Gasteiger partial charge >= 0.3 is 0 Å². The molecule has 6 heteroatoms. The highest BCUT2D eigenvalue weighted by Crippen LogP contribution is 2.39. The number of fused-ring (bicyclic) bond motifs is 1. The Morgan fingerprint density at radius 3 is 2.43 bits per heavy atom. The summed E-state index contributed by atoms with van der Waals surface area (Å²) in [4.78, 5) is 17.1. The zero-order chi connectivity index (χ0) is 24.7. The quantitative estimate of drug-likeness (QED) is 0.359. The number of hydrogen-bond acceptors (Lipinski definition) is 3. The lowest BCUT2D eigenvalue weighted by Crippen LogP contribution is -2.31. The Morgan fingerprint density at radius 1 is 1.00 bits per heavy atom. The van der Waals surface area contributed by atoms with Crippen molar-refractivity contribution in [2.45, 2.75) is 5.60 Å². The number of hydrogen-bond donors (Lipinski definition) is 1. The van der Waals surface area contributed by atoms with E-state index in [0.29, 0.717) is 21.8 Å². The van der Waals surface area contributed by atoms with E-state index in [-0.39, 0.29) is 5.56 Å². The van der Waals surface area contributed by atoms with Gasteiger partial charge in [0.15, 0.2) is 5.60 Å². The van der Waals surface area contributed by atoms with Gasteiger partial charge in [0.2, 0.25) is 0 Å². The van der Waals surface area contributed by atoms with Crippen molar-refractivity contribution >= 4 is 28.6 Å². The lowest BCUT2D eigenvalue weighted by molar-refractivity contribution is 0.117. The lowest BCUT2D eigenvalue weighted by Gasteiger charge is -2.30. The first kappa shape index (κ1) is 22.8. The molecular formula is C29H24ClN3O2. The van der Waals surface area contributed by atoms with Crippen molar-refractivity contribution in [3.63, 3.8) is 0 Å². The van der Waals surface area contributed by atoms with Crippen LogP contribution in [0.1, 0.15) is 22.4 Å². The summed E-state index contributed by atoms with van der Waals surface area (Å²) in [6.45, 7) is 3.87. The number of pyridine rings is 1. The maximum Gasteiger partial charge on any atom is 0.251 e. The Bertz CT molecular complexity index is 1630. The molecule has 0 aliphatic rings. The van der Waals surface area contributed by atoms with Crippen molar-refractivity contribution < 1.29 is 5.11 Å². The molecule has 0 bridgehead atoms. The van der Waals surface area contributed by atoms with Gasteiger partial charge in [-0.05, 0) is 58.1 Å². The summed E-state index contributed by atoms with van der Waals surface area (Å²) in [5.74, 6) is 0. The molecule has 0 aliphatic carbocycles. The van der Waals surface area contributed by atoms with Gasteiger partial charge in [-0.1, -0.05) is 60.7 Å². The van der Waals surface area contributed by atoms with Crippen LogP contribution >= 0.6 is 11.6 Å². The number of nitrogens with zero attached hydrogens (tertiary/aromatic N) is 3. The van der Waals surface area contributed by atoms with Gasteiger partial charge in [-0.2, -0.15) is 0 Å². The molecule has 0 amide bonds. The Morgan fingerprint density at radius 2 is 1.74 bits per heavy atom. The van der Waals surface area contributed by atoms with Gasteiger partial charge in [0, 0.05) is 30.6 Å². The van der Waals surface area contributed by atoms with Crippen LogP contribution in [0.4, 0.5) is 0 Å². The molecule has 0 radical (unpaired) electrons. The van der Waals surface area contributed by atoms with Gasteiger partial charge in [-0.3, -0.25) is 4.79 Å². The standard InChI is InChI=1S/C29H24ClN3O2/c1-4-19-6-5-7-20(14-19)24-16-28(34)33(3)26-13-10-22(15-25(24)26)29(35,27-17-31-18-32(27)2)21-8-11-23(30)12-9-21/h4-18,35H,1H2,2-3H3. The predicted octanol–water partition coefficient (Wildman–Crippen LogP) is 5.52. The van der Waals surface area contributed by atoms with Gasteiger partial charge in [-0.15, -0.1) is 0 Å². The molecule has 1 N–H and O–H groups in total. The van der Waals surface area contributed by atoms with E-state index < -0.39 is 5.60 Å². The first-order chi connectivity index (χ1) is 16.8. The zero-order valence-electron chi connectivity index (χ0n) is 19.4. The van der Waals surface area contributed by atoms with Crippen LogP contribution in [-0.2, 0) is 19.7 Å². The molecule has 0 aliphatic heterocycles. The van der Waals surface area contributed by atoms with Crippen molar-refractivity contribution in [1.82, 2.24) is 14.1 Å². The van der Waals surface area contributed by atoms with Crippen LogP contribution < -0.4 is 5.56 Å². The van der Waals surface area contributed by atoms with Crippen LogP contribution in [0, 0.1) is 0 Å². The minimum Gasteiger partial charge on any atom is -0.374 e. The van der Waals surface area contributed by atoms with Gasteiger partial charge in [0.25, 0.3) is 5.56 Å². The normalized spacial score (nSPS) is 13.0. The highest BCUT2D eigenvalue weighted by atomic mass is 35.5. The van der Waals surface area contributed by atoms with Gasteiger partial charge in [0.05, 0.1) is 23.7 Å². The summed E-state index contributed by atoms with van der Waals surface area (Å²) >= 11 is 6.15. The van der Waals surface area contributed by atoms with Gasteiger partial charge in [-0.25, -0.2) is 4.98 Å². The van der Waals surface area contributed by atoms with Crippen LogP contribution in [0.5, 0.6) is 0 Å². The van der Waals surface area contributed by atoms with E-state index in [4.69, 9.17) is 11.6 Å². The fourth-order valence-corrected chi connectivity index (χ4v) is 4.74. The van der Waals surface area contributed by atoms with Gasteiger partial charge < -0.3 is 14.2 Å². The molecule has 0 spiro atoms. The van der Waals surface area contributed by atoms with E-state index >= 15 is 0 Å². The molecule has 35 heavy (non-hydrogen) atoms. The maximum absolute atomic E-state index is 12.8. The largest absolute Gasteiger partial charge is 0.374 e. The number of aromatic nitrogens is 3. The minimum absolute atomic E-state index is 0.108. The van der Waals surface area contributed by atoms with Crippen LogP contribution in [-0.4, -0.2) is 19.2 Å². The Balaban J connectivity index is 1.83. The SMILES string of the molecule is C=Cc1cccc(-c2cc(=O)n(C)c3ccc(C(O)(c4ccc(Cl)cc4)c4cncn4C)cc23)c1. The molecule has 1 atom stereocenters. The average Bonchev–Trinajstić information content (AvgIpc) is 3.32. The smallest absolute Gasteiger partial charge is 0.251 e. The van der Waals surface area contributed by atoms with E-state index in [2.05, 4.69) is 11.6 Å². The van der Waals surface area contributed by atoms with Gasteiger partial charge in [0.1, 0.15) is 0 Å². The van der Waals surface area contributed by atoms with Crippen molar-refractivity contribution in [2.75, 3.05) is 0 Å². The summed E-state index contributed by atoms with van der Waals surface area (Å²) in [5.41, 5.74) is 3.72.